The van der Waals surface area contributed by atoms with Crippen molar-refractivity contribution >= 4 is 22.7 Å². The number of nitrogens with one attached hydrogen (secondary N) is 1. The van der Waals surface area contributed by atoms with Crippen molar-refractivity contribution in [1.82, 2.24) is 4.98 Å². The van der Waals surface area contributed by atoms with Crippen LogP contribution in [0.5, 0.6) is 5.75 Å². The molecule has 0 saturated carbocycles. The minimum atomic E-state index is -0.259. The van der Waals surface area contributed by atoms with Gasteiger partial charge in [0.15, 0.2) is 0 Å². The van der Waals surface area contributed by atoms with E-state index in [-0.39, 0.29) is 5.82 Å². The van der Waals surface area contributed by atoms with Crippen molar-refractivity contribution in [3.63, 3.8) is 0 Å². The van der Waals surface area contributed by atoms with E-state index in [4.69, 9.17) is 4.74 Å². The van der Waals surface area contributed by atoms with Crippen molar-refractivity contribution in [2.75, 3.05) is 12.5 Å². The van der Waals surface area contributed by atoms with Gasteiger partial charge in [0.05, 0.1) is 19.0 Å². The van der Waals surface area contributed by atoms with Crippen molar-refractivity contribution in [2.45, 2.75) is 0 Å². The number of ether oxygens (including phenoxy) is 1. The molecule has 1 N–H and O–H groups in total. The first-order valence-corrected chi connectivity index (χ1v) is 7.77. The topological polar surface area (TPSA) is 46.5 Å². The molecule has 1 heterocycles. The summed E-state index contributed by atoms with van der Waals surface area (Å²) in [5.41, 5.74) is 5.47. The summed E-state index contributed by atoms with van der Waals surface area (Å²) in [6.45, 7) is 0. The van der Waals surface area contributed by atoms with Gasteiger partial charge in [0, 0.05) is 10.9 Å². The molecule has 0 spiro atoms. The number of halogens is 1. The molecule has 0 aliphatic carbocycles. The Morgan fingerprint density at radius 1 is 1.22 bits per heavy atom. The Morgan fingerprint density at radius 3 is 2.83 bits per heavy atom. The standard InChI is InChI=1S/C17H14FN3OS/c1-22-15-4-2-3-12(9-15)10-19-21-17-20-16(11-23-17)13-5-7-14(18)8-6-13/h2-11H,1H3,(H,20,21)/b19-10-. The minimum absolute atomic E-state index is 0.259. The molecule has 0 saturated heterocycles. The number of hydrazone groups is 1. The second kappa shape index (κ2) is 7.02. The van der Waals surface area contributed by atoms with Crippen LogP contribution in [0.1, 0.15) is 5.56 Å². The van der Waals surface area contributed by atoms with Crippen molar-refractivity contribution in [3.05, 3.63) is 65.3 Å². The van der Waals surface area contributed by atoms with Gasteiger partial charge >= 0.3 is 0 Å². The van der Waals surface area contributed by atoms with Crippen molar-refractivity contribution < 1.29 is 9.13 Å². The Morgan fingerprint density at radius 2 is 2.04 bits per heavy atom. The van der Waals surface area contributed by atoms with E-state index in [0.717, 1.165) is 22.6 Å². The molecular weight excluding hydrogens is 313 g/mol. The van der Waals surface area contributed by atoms with Gasteiger partial charge in [-0.05, 0) is 42.0 Å². The summed E-state index contributed by atoms with van der Waals surface area (Å²) in [7, 11) is 1.63. The van der Waals surface area contributed by atoms with Crippen molar-refractivity contribution in [3.8, 4) is 17.0 Å². The fourth-order valence-corrected chi connectivity index (χ4v) is 2.63. The molecule has 3 rings (SSSR count). The van der Waals surface area contributed by atoms with Gasteiger partial charge in [-0.1, -0.05) is 12.1 Å². The van der Waals surface area contributed by atoms with E-state index in [9.17, 15) is 4.39 Å². The van der Waals surface area contributed by atoms with E-state index in [1.807, 2.05) is 29.6 Å². The van der Waals surface area contributed by atoms with E-state index in [1.54, 1.807) is 25.5 Å². The number of aromatic nitrogens is 1. The smallest absolute Gasteiger partial charge is 0.203 e. The zero-order valence-electron chi connectivity index (χ0n) is 12.4. The highest BCUT2D eigenvalue weighted by atomic mass is 32.1. The Hall–Kier alpha value is -2.73. The van der Waals surface area contributed by atoms with Crippen LogP contribution < -0.4 is 10.2 Å². The maximum atomic E-state index is 12.9. The largest absolute Gasteiger partial charge is 0.497 e. The number of benzene rings is 2. The molecule has 0 aliphatic rings. The molecule has 1 aromatic heterocycles. The Labute approximate surface area is 137 Å². The lowest BCUT2D eigenvalue weighted by Crippen LogP contribution is -1.91. The molecule has 23 heavy (non-hydrogen) atoms. The van der Waals surface area contributed by atoms with Crippen LogP contribution in [-0.2, 0) is 0 Å². The van der Waals surface area contributed by atoms with Crippen LogP contribution in [0, 0.1) is 5.82 Å². The Balaban J connectivity index is 1.67. The monoisotopic (exact) mass is 327 g/mol. The molecule has 0 amide bonds. The maximum absolute atomic E-state index is 12.9. The molecule has 2 aromatic carbocycles. The second-order valence-electron chi connectivity index (χ2n) is 4.69. The van der Waals surface area contributed by atoms with Gasteiger partial charge in [0.2, 0.25) is 5.13 Å². The van der Waals surface area contributed by atoms with Gasteiger partial charge in [-0.25, -0.2) is 9.37 Å². The summed E-state index contributed by atoms with van der Waals surface area (Å²) in [5, 5.41) is 6.74. The van der Waals surface area contributed by atoms with Crippen LogP contribution >= 0.6 is 11.3 Å². The maximum Gasteiger partial charge on any atom is 0.203 e. The van der Waals surface area contributed by atoms with Crippen LogP contribution in [0.3, 0.4) is 0 Å². The molecule has 3 aromatic rings. The predicted octanol–water partition coefficient (Wildman–Crippen LogP) is 4.40. The van der Waals surface area contributed by atoms with Crippen LogP contribution in [0.2, 0.25) is 0 Å². The van der Waals surface area contributed by atoms with E-state index in [2.05, 4.69) is 15.5 Å². The first kappa shape index (κ1) is 15.2. The summed E-state index contributed by atoms with van der Waals surface area (Å²) in [6.07, 6.45) is 1.70. The lowest BCUT2D eigenvalue weighted by atomic mass is 10.2. The summed E-state index contributed by atoms with van der Waals surface area (Å²) >= 11 is 1.44. The molecule has 0 radical (unpaired) electrons. The van der Waals surface area contributed by atoms with Gasteiger partial charge in [0.25, 0.3) is 0 Å². The SMILES string of the molecule is COc1cccc(/C=N\Nc2nc(-c3ccc(F)cc3)cs2)c1. The fraction of sp³-hybridized carbons (Fsp3) is 0.0588. The highest BCUT2D eigenvalue weighted by Crippen LogP contribution is 2.25. The molecular formula is C17H14FN3OS. The zero-order chi connectivity index (χ0) is 16.1. The third-order valence-corrected chi connectivity index (χ3v) is 3.86. The van der Waals surface area contributed by atoms with Crippen LogP contribution in [0.4, 0.5) is 9.52 Å². The van der Waals surface area contributed by atoms with Gasteiger partial charge in [-0.2, -0.15) is 5.10 Å². The average Bonchev–Trinajstić information content (AvgIpc) is 3.04. The molecule has 0 unspecified atom stereocenters. The van der Waals surface area contributed by atoms with Gasteiger partial charge in [0.1, 0.15) is 11.6 Å². The zero-order valence-corrected chi connectivity index (χ0v) is 13.2. The summed E-state index contributed by atoms with van der Waals surface area (Å²) in [5.74, 6) is 0.520. The molecule has 0 aliphatic heterocycles. The molecule has 4 nitrogen and oxygen atoms in total. The quantitative estimate of drug-likeness (QED) is 0.558. The number of nitrogens with zero attached hydrogens (tertiary/aromatic N) is 2. The Bertz CT molecular complexity index is 815. The second-order valence-corrected chi connectivity index (χ2v) is 5.55. The molecule has 116 valence electrons. The molecule has 0 fully saturated rings. The summed E-state index contributed by atoms with van der Waals surface area (Å²) in [4.78, 5) is 4.42. The van der Waals surface area contributed by atoms with Crippen LogP contribution in [-0.4, -0.2) is 18.3 Å². The number of anilines is 1. The summed E-state index contributed by atoms with van der Waals surface area (Å²) in [6, 6.07) is 13.8. The number of rotatable bonds is 5. The van der Waals surface area contributed by atoms with Gasteiger partial charge in [-0.15, -0.1) is 11.3 Å². The third kappa shape index (κ3) is 3.92. The van der Waals surface area contributed by atoms with Crippen LogP contribution in [0.15, 0.2) is 59.0 Å². The minimum Gasteiger partial charge on any atom is -0.497 e. The third-order valence-electron chi connectivity index (χ3n) is 3.11. The number of hydrogen-bond donors (Lipinski definition) is 1. The number of hydrogen-bond acceptors (Lipinski definition) is 5. The molecule has 0 atom stereocenters. The lowest BCUT2D eigenvalue weighted by molar-refractivity contribution is 0.415. The Kier molecular flexibility index (Phi) is 4.63. The number of methoxy groups -OCH3 is 1. The molecule has 0 bridgehead atoms. The average molecular weight is 327 g/mol. The van der Waals surface area contributed by atoms with E-state index >= 15 is 0 Å². The number of thiazole rings is 1. The van der Waals surface area contributed by atoms with Gasteiger partial charge in [-0.3, -0.25) is 5.43 Å². The normalized spacial score (nSPS) is 10.9. The van der Waals surface area contributed by atoms with E-state index in [0.29, 0.717) is 5.13 Å². The van der Waals surface area contributed by atoms with E-state index in [1.165, 1.54) is 23.5 Å². The van der Waals surface area contributed by atoms with E-state index < -0.39 is 0 Å². The fourth-order valence-electron chi connectivity index (χ4n) is 1.96. The highest BCUT2D eigenvalue weighted by molar-refractivity contribution is 7.14. The first-order valence-electron chi connectivity index (χ1n) is 6.89. The lowest BCUT2D eigenvalue weighted by Gasteiger charge is -1.99. The highest BCUT2D eigenvalue weighted by Gasteiger charge is 2.04. The summed E-state index contributed by atoms with van der Waals surface area (Å²) < 4.78 is 18.1. The van der Waals surface area contributed by atoms with Crippen molar-refractivity contribution in [2.24, 2.45) is 5.10 Å². The first-order chi connectivity index (χ1) is 11.2. The van der Waals surface area contributed by atoms with Gasteiger partial charge < -0.3 is 4.74 Å². The van der Waals surface area contributed by atoms with Crippen LogP contribution in [0.25, 0.3) is 11.3 Å². The molecule has 6 heteroatoms. The van der Waals surface area contributed by atoms with Crippen molar-refractivity contribution in [1.29, 1.82) is 0 Å². The predicted molar refractivity (Wildman–Crippen MR) is 91.7 cm³/mol.